The lowest BCUT2D eigenvalue weighted by atomic mass is 9.98. The van der Waals surface area contributed by atoms with Crippen LogP contribution in [0.4, 0.5) is 13.2 Å². The van der Waals surface area contributed by atoms with E-state index in [9.17, 15) is 18.0 Å². The first kappa shape index (κ1) is 24.3. The molecule has 0 spiro atoms. The van der Waals surface area contributed by atoms with Gasteiger partial charge >= 0.3 is 12.1 Å². The van der Waals surface area contributed by atoms with Gasteiger partial charge in [0, 0.05) is 10.9 Å². The minimum absolute atomic E-state index is 0.0336. The summed E-state index contributed by atoms with van der Waals surface area (Å²) in [7, 11) is 0. The molecule has 1 N–H and O–H groups in total. The Hall–Kier alpha value is -4.39. The lowest BCUT2D eigenvalue weighted by molar-refractivity contribution is -0.137. The third kappa shape index (κ3) is 5.40. The monoisotopic (exact) mass is 500 g/mol. The quantitative estimate of drug-likeness (QED) is 0.262. The molecule has 5 rings (SSSR count). The van der Waals surface area contributed by atoms with E-state index in [4.69, 9.17) is 5.11 Å². The minimum atomic E-state index is -4.52. The molecule has 4 nitrogen and oxygen atoms in total. The Morgan fingerprint density at radius 1 is 0.784 bits per heavy atom. The summed E-state index contributed by atoms with van der Waals surface area (Å²) in [5.41, 5.74) is 4.23. The maximum absolute atomic E-state index is 13.8. The van der Waals surface area contributed by atoms with Gasteiger partial charge in [-0.3, -0.25) is 9.48 Å². The van der Waals surface area contributed by atoms with Gasteiger partial charge in [-0.05, 0) is 40.8 Å². The van der Waals surface area contributed by atoms with E-state index in [0.29, 0.717) is 24.0 Å². The van der Waals surface area contributed by atoms with Crippen LogP contribution in [0.2, 0.25) is 0 Å². The van der Waals surface area contributed by atoms with Crippen LogP contribution in [0.3, 0.4) is 0 Å². The van der Waals surface area contributed by atoms with Crippen LogP contribution in [0, 0.1) is 0 Å². The van der Waals surface area contributed by atoms with Gasteiger partial charge in [0.05, 0.1) is 24.2 Å². The van der Waals surface area contributed by atoms with Gasteiger partial charge < -0.3 is 5.11 Å². The van der Waals surface area contributed by atoms with Crippen LogP contribution < -0.4 is 0 Å². The molecule has 1 aromatic heterocycles. The SMILES string of the molecule is O=C(O)Cc1ccc(Cc2cccc(-c3c4cccc(C(F)(F)F)c4nn3Cc3ccccc3)c2)cc1. The number of halogens is 3. The van der Waals surface area contributed by atoms with Crippen molar-refractivity contribution in [1.82, 2.24) is 9.78 Å². The Balaban J connectivity index is 1.56. The van der Waals surface area contributed by atoms with E-state index in [1.54, 1.807) is 22.9 Å². The van der Waals surface area contributed by atoms with Crippen LogP contribution >= 0.6 is 0 Å². The second-order valence-corrected chi connectivity index (χ2v) is 8.96. The lowest BCUT2D eigenvalue weighted by Gasteiger charge is -2.11. The summed E-state index contributed by atoms with van der Waals surface area (Å²) in [5.74, 6) is -0.881. The number of aliphatic carboxylic acids is 1. The molecule has 0 aliphatic heterocycles. The van der Waals surface area contributed by atoms with Crippen molar-refractivity contribution in [1.29, 1.82) is 0 Å². The summed E-state index contributed by atoms with van der Waals surface area (Å²) in [6.07, 6.45) is -3.95. The predicted octanol–water partition coefficient (Wildman–Crippen LogP) is 6.99. The number of aromatic nitrogens is 2. The van der Waals surface area contributed by atoms with Crippen LogP contribution in [0.1, 0.15) is 27.8 Å². The van der Waals surface area contributed by atoms with Gasteiger partial charge in [0.25, 0.3) is 0 Å². The summed E-state index contributed by atoms with van der Waals surface area (Å²) in [6.45, 7) is 0.331. The second kappa shape index (κ2) is 9.93. The molecule has 0 bridgehead atoms. The first-order valence-corrected chi connectivity index (χ1v) is 11.8. The van der Waals surface area contributed by atoms with Gasteiger partial charge in [-0.15, -0.1) is 0 Å². The van der Waals surface area contributed by atoms with Crippen LogP contribution in [0.5, 0.6) is 0 Å². The number of rotatable bonds is 7. The van der Waals surface area contributed by atoms with Gasteiger partial charge in [-0.2, -0.15) is 18.3 Å². The Kier molecular flexibility index (Phi) is 6.53. The first-order valence-electron chi connectivity index (χ1n) is 11.8. The van der Waals surface area contributed by atoms with Gasteiger partial charge in [0.15, 0.2) is 0 Å². The lowest BCUT2D eigenvalue weighted by Crippen LogP contribution is -2.06. The number of carboxylic acids is 1. The summed E-state index contributed by atoms with van der Waals surface area (Å²) in [4.78, 5) is 10.9. The molecule has 0 aliphatic carbocycles. The number of nitrogens with zero attached hydrogens (tertiary/aromatic N) is 2. The molecule has 0 fully saturated rings. The molecule has 0 unspecified atom stereocenters. The highest BCUT2D eigenvalue weighted by Crippen LogP contribution is 2.38. The number of carboxylic acid groups (broad SMARTS) is 1. The van der Waals surface area contributed by atoms with Gasteiger partial charge in [-0.25, -0.2) is 0 Å². The van der Waals surface area contributed by atoms with E-state index in [2.05, 4.69) is 5.10 Å². The molecule has 0 saturated carbocycles. The number of hydrogen-bond donors (Lipinski definition) is 1. The highest BCUT2D eigenvalue weighted by molar-refractivity contribution is 5.95. The molecule has 0 aliphatic rings. The zero-order chi connectivity index (χ0) is 26.0. The predicted molar refractivity (Wildman–Crippen MR) is 136 cm³/mol. The minimum Gasteiger partial charge on any atom is -0.481 e. The molecule has 0 atom stereocenters. The number of fused-ring (bicyclic) bond motifs is 1. The third-order valence-corrected chi connectivity index (χ3v) is 6.24. The fourth-order valence-electron chi connectivity index (χ4n) is 4.57. The van der Waals surface area contributed by atoms with E-state index in [-0.39, 0.29) is 11.9 Å². The topological polar surface area (TPSA) is 55.1 Å². The Labute approximate surface area is 211 Å². The standard InChI is InChI=1S/C30H23F3N2O2/c31-30(32,33)26-11-5-10-25-28(26)34-35(19-22-6-2-1-3-7-22)29(25)24-9-4-8-23(17-24)16-20-12-14-21(15-13-20)18-27(36)37/h1-15,17H,16,18-19H2,(H,36,37). The summed E-state index contributed by atoms with van der Waals surface area (Å²) in [6, 6.07) is 28.8. The van der Waals surface area contributed by atoms with E-state index < -0.39 is 17.7 Å². The smallest absolute Gasteiger partial charge is 0.418 e. The van der Waals surface area contributed by atoms with Crippen molar-refractivity contribution in [2.24, 2.45) is 0 Å². The van der Waals surface area contributed by atoms with Crippen LogP contribution in [-0.2, 0) is 30.4 Å². The van der Waals surface area contributed by atoms with E-state index in [0.717, 1.165) is 33.9 Å². The average Bonchev–Trinajstić information content (AvgIpc) is 3.23. The van der Waals surface area contributed by atoms with Crippen molar-refractivity contribution >= 4 is 16.9 Å². The molecule has 5 aromatic rings. The molecule has 0 amide bonds. The van der Waals surface area contributed by atoms with Gasteiger partial charge in [0.2, 0.25) is 0 Å². The molecule has 7 heteroatoms. The average molecular weight is 501 g/mol. The van der Waals surface area contributed by atoms with Crippen LogP contribution in [0.25, 0.3) is 22.2 Å². The van der Waals surface area contributed by atoms with Gasteiger partial charge in [-0.1, -0.05) is 84.9 Å². The Bertz CT molecular complexity index is 1560. The molecular weight excluding hydrogens is 477 g/mol. The number of benzene rings is 4. The largest absolute Gasteiger partial charge is 0.481 e. The van der Waals surface area contributed by atoms with Crippen LogP contribution in [0.15, 0.2) is 97.1 Å². The van der Waals surface area contributed by atoms with Crippen molar-refractivity contribution in [3.05, 3.63) is 125 Å². The molecule has 0 radical (unpaired) electrons. The summed E-state index contributed by atoms with van der Waals surface area (Å²) in [5, 5.41) is 13.9. The fourth-order valence-corrected chi connectivity index (χ4v) is 4.57. The maximum atomic E-state index is 13.8. The molecule has 4 aromatic carbocycles. The molecule has 186 valence electrons. The second-order valence-electron chi connectivity index (χ2n) is 8.96. The highest BCUT2D eigenvalue weighted by atomic mass is 19.4. The summed E-state index contributed by atoms with van der Waals surface area (Å²) >= 11 is 0. The van der Waals surface area contributed by atoms with E-state index in [1.165, 1.54) is 6.07 Å². The van der Waals surface area contributed by atoms with Crippen molar-refractivity contribution in [2.75, 3.05) is 0 Å². The van der Waals surface area contributed by atoms with E-state index in [1.807, 2.05) is 66.7 Å². The van der Waals surface area contributed by atoms with Crippen LogP contribution in [-0.4, -0.2) is 20.9 Å². The fraction of sp³-hybridized carbons (Fsp3) is 0.133. The molecule has 0 saturated heterocycles. The maximum Gasteiger partial charge on any atom is 0.418 e. The summed E-state index contributed by atoms with van der Waals surface area (Å²) < 4.78 is 43.1. The molecule has 1 heterocycles. The molecule has 37 heavy (non-hydrogen) atoms. The van der Waals surface area contributed by atoms with Gasteiger partial charge in [0.1, 0.15) is 5.52 Å². The zero-order valence-electron chi connectivity index (χ0n) is 19.7. The Morgan fingerprint density at radius 3 is 2.16 bits per heavy atom. The normalized spacial score (nSPS) is 11.6. The zero-order valence-corrected chi connectivity index (χ0v) is 19.7. The number of carbonyl (C=O) groups is 1. The molecular formula is C30H23F3N2O2. The number of hydrogen-bond acceptors (Lipinski definition) is 2. The van der Waals surface area contributed by atoms with Crippen molar-refractivity contribution in [3.8, 4) is 11.3 Å². The Morgan fingerprint density at radius 2 is 1.46 bits per heavy atom. The first-order chi connectivity index (χ1) is 17.8. The van der Waals surface area contributed by atoms with Crippen molar-refractivity contribution < 1.29 is 23.1 Å². The highest BCUT2D eigenvalue weighted by Gasteiger charge is 2.34. The van der Waals surface area contributed by atoms with Crippen molar-refractivity contribution in [2.45, 2.75) is 25.6 Å². The number of alkyl halides is 3. The van der Waals surface area contributed by atoms with Crippen molar-refractivity contribution in [3.63, 3.8) is 0 Å². The third-order valence-electron chi connectivity index (χ3n) is 6.24. The van der Waals surface area contributed by atoms with E-state index >= 15 is 0 Å².